The van der Waals surface area contributed by atoms with Crippen molar-refractivity contribution in [3.8, 4) is 22.6 Å². The molecule has 0 saturated heterocycles. The maximum absolute atomic E-state index is 13.0. The van der Waals surface area contributed by atoms with Gasteiger partial charge in [0, 0.05) is 11.3 Å². The third-order valence-electron chi connectivity index (χ3n) is 5.99. The average molecular weight is 529 g/mol. The summed E-state index contributed by atoms with van der Waals surface area (Å²) in [5, 5.41) is 15.6. The highest BCUT2D eigenvalue weighted by Crippen LogP contribution is 2.39. The van der Waals surface area contributed by atoms with E-state index in [0.29, 0.717) is 34.0 Å². The van der Waals surface area contributed by atoms with E-state index in [9.17, 15) is 14.7 Å². The molecule has 194 valence electrons. The van der Waals surface area contributed by atoms with Crippen molar-refractivity contribution in [3.05, 3.63) is 107 Å². The average Bonchev–Trinajstić information content (AvgIpc) is 2.86. The first-order chi connectivity index (χ1) is 18.0. The maximum Gasteiger partial charge on any atom is 0.337 e. The molecule has 0 atom stereocenters. The zero-order valence-corrected chi connectivity index (χ0v) is 22.4. The van der Waals surface area contributed by atoms with Gasteiger partial charge in [0.25, 0.3) is 0 Å². The Balaban J connectivity index is 1.76. The smallest absolute Gasteiger partial charge is 0.337 e. The van der Waals surface area contributed by atoms with Crippen LogP contribution in [0.1, 0.15) is 42.3 Å². The number of benzene rings is 4. The number of rotatable bonds is 6. The van der Waals surface area contributed by atoms with Crippen LogP contribution < -0.4 is 15.4 Å². The monoisotopic (exact) mass is 528 g/mol. The van der Waals surface area contributed by atoms with Crippen molar-refractivity contribution in [1.29, 1.82) is 0 Å². The molecule has 4 rings (SSSR count). The van der Waals surface area contributed by atoms with Gasteiger partial charge in [0.05, 0.1) is 16.3 Å². The number of carbonyl (C=O) groups excluding carboxylic acids is 1. The lowest BCUT2D eigenvalue weighted by Gasteiger charge is -2.23. The zero-order valence-electron chi connectivity index (χ0n) is 21.6. The van der Waals surface area contributed by atoms with Gasteiger partial charge in [-0.2, -0.15) is 0 Å². The van der Waals surface area contributed by atoms with Crippen LogP contribution in [0.5, 0.6) is 11.5 Å². The zero-order chi connectivity index (χ0) is 27.4. The molecule has 3 N–H and O–H groups in total. The van der Waals surface area contributed by atoms with Crippen molar-refractivity contribution in [2.45, 2.75) is 33.1 Å². The molecule has 0 unspecified atom stereocenters. The normalized spacial score (nSPS) is 11.1. The quantitative estimate of drug-likeness (QED) is 0.233. The SMILES string of the molecule is Cc1ccc(NC(=O)Nc2cc(-c3cccc(Cl)c3C(=O)O)ccc2Oc2ccccc2C(C)(C)C)cc1. The highest BCUT2D eigenvalue weighted by atomic mass is 35.5. The number of hydrogen-bond donors (Lipinski definition) is 3. The molecular weight excluding hydrogens is 500 g/mol. The van der Waals surface area contributed by atoms with Gasteiger partial charge in [0.2, 0.25) is 0 Å². The summed E-state index contributed by atoms with van der Waals surface area (Å²) in [6.45, 7) is 8.26. The number of carboxylic acids is 1. The van der Waals surface area contributed by atoms with Gasteiger partial charge in [-0.1, -0.05) is 86.5 Å². The Morgan fingerprint density at radius 3 is 2.24 bits per heavy atom. The summed E-state index contributed by atoms with van der Waals surface area (Å²) in [4.78, 5) is 24.9. The fraction of sp³-hybridized carbons (Fsp3) is 0.161. The molecule has 7 heteroatoms. The van der Waals surface area contributed by atoms with Gasteiger partial charge in [-0.3, -0.25) is 0 Å². The van der Waals surface area contributed by atoms with Gasteiger partial charge in [-0.25, -0.2) is 9.59 Å². The number of aromatic carboxylic acids is 1. The number of urea groups is 1. The predicted octanol–water partition coefficient (Wildman–Crippen LogP) is 8.75. The van der Waals surface area contributed by atoms with Gasteiger partial charge < -0.3 is 20.5 Å². The summed E-state index contributed by atoms with van der Waals surface area (Å²) < 4.78 is 6.34. The Bertz CT molecular complexity index is 1490. The van der Waals surface area contributed by atoms with Crippen molar-refractivity contribution >= 4 is 35.0 Å². The third-order valence-corrected chi connectivity index (χ3v) is 6.31. The number of ether oxygens (including phenoxy) is 1. The maximum atomic E-state index is 13.0. The van der Waals surface area contributed by atoms with Crippen LogP contribution in [0.25, 0.3) is 11.1 Å². The topological polar surface area (TPSA) is 87.7 Å². The summed E-state index contributed by atoms with van der Waals surface area (Å²) >= 11 is 6.21. The molecule has 0 aromatic heterocycles. The number of carbonyl (C=O) groups is 2. The molecule has 0 radical (unpaired) electrons. The molecule has 0 aliphatic heterocycles. The Labute approximate surface area is 227 Å². The van der Waals surface area contributed by atoms with Gasteiger partial charge in [-0.05, 0) is 59.9 Å². The Hall–Kier alpha value is -4.29. The Morgan fingerprint density at radius 1 is 0.842 bits per heavy atom. The predicted molar refractivity (Wildman–Crippen MR) is 153 cm³/mol. The second-order valence-corrected chi connectivity index (χ2v) is 10.4. The molecule has 2 amide bonds. The fourth-order valence-electron chi connectivity index (χ4n) is 4.08. The minimum Gasteiger partial charge on any atom is -0.478 e. The standard InChI is InChI=1S/C31H29ClN2O4/c1-19-12-15-21(16-13-19)33-30(37)34-25-18-20(22-8-7-10-24(32)28(22)29(35)36)14-17-27(25)38-26-11-6-5-9-23(26)31(2,3)4/h5-18H,1-4H3,(H,35,36)(H2,33,34,37). The van der Waals surface area contributed by atoms with Crippen molar-refractivity contribution in [2.24, 2.45) is 0 Å². The number of amides is 2. The van der Waals surface area contributed by atoms with Crippen LogP contribution in [0, 0.1) is 6.92 Å². The lowest BCUT2D eigenvalue weighted by molar-refractivity contribution is 0.0698. The highest BCUT2D eigenvalue weighted by Gasteiger charge is 2.21. The van der Waals surface area contributed by atoms with Crippen LogP contribution >= 0.6 is 11.6 Å². The first-order valence-corrected chi connectivity index (χ1v) is 12.5. The minimum atomic E-state index is -1.14. The number of nitrogens with one attached hydrogen (secondary N) is 2. The molecular formula is C31H29ClN2O4. The van der Waals surface area contributed by atoms with E-state index in [1.54, 1.807) is 30.3 Å². The van der Waals surface area contributed by atoms with Crippen LogP contribution in [0.2, 0.25) is 5.02 Å². The van der Waals surface area contributed by atoms with E-state index in [-0.39, 0.29) is 16.0 Å². The van der Waals surface area contributed by atoms with Crippen LogP contribution in [0.15, 0.2) is 84.9 Å². The van der Waals surface area contributed by atoms with Crippen LogP contribution in [-0.4, -0.2) is 17.1 Å². The molecule has 4 aromatic carbocycles. The summed E-state index contributed by atoms with van der Waals surface area (Å²) in [5.74, 6) is -0.0798. The number of aryl methyl sites for hydroxylation is 1. The molecule has 0 bridgehead atoms. The Kier molecular flexibility index (Phi) is 7.74. The van der Waals surface area contributed by atoms with E-state index in [0.717, 1.165) is 11.1 Å². The number of anilines is 2. The van der Waals surface area contributed by atoms with Crippen LogP contribution in [0.3, 0.4) is 0 Å². The number of para-hydroxylation sites is 1. The van der Waals surface area contributed by atoms with Crippen molar-refractivity contribution in [2.75, 3.05) is 10.6 Å². The molecule has 0 spiro atoms. The second-order valence-electron chi connectivity index (χ2n) is 9.97. The number of hydrogen-bond acceptors (Lipinski definition) is 3. The molecule has 0 aliphatic rings. The first kappa shape index (κ1) is 26.8. The van der Waals surface area contributed by atoms with Gasteiger partial charge in [-0.15, -0.1) is 0 Å². The van der Waals surface area contributed by atoms with E-state index in [4.69, 9.17) is 16.3 Å². The van der Waals surface area contributed by atoms with Gasteiger partial charge >= 0.3 is 12.0 Å². The van der Waals surface area contributed by atoms with E-state index in [1.807, 2.05) is 55.5 Å². The summed E-state index contributed by atoms with van der Waals surface area (Å²) in [7, 11) is 0. The number of halogens is 1. The molecule has 38 heavy (non-hydrogen) atoms. The van der Waals surface area contributed by atoms with E-state index < -0.39 is 12.0 Å². The van der Waals surface area contributed by atoms with Crippen molar-refractivity contribution in [1.82, 2.24) is 0 Å². The van der Waals surface area contributed by atoms with Gasteiger partial charge in [0.1, 0.15) is 5.75 Å². The lowest BCUT2D eigenvalue weighted by atomic mass is 9.86. The van der Waals surface area contributed by atoms with Crippen LogP contribution in [0.4, 0.5) is 16.2 Å². The molecule has 0 fully saturated rings. The third kappa shape index (κ3) is 6.15. The number of carboxylic acid groups (broad SMARTS) is 1. The van der Waals surface area contributed by atoms with E-state index in [1.165, 1.54) is 6.07 Å². The summed E-state index contributed by atoms with van der Waals surface area (Å²) in [6, 6.07) is 24.7. The molecule has 0 aliphatic carbocycles. The van der Waals surface area contributed by atoms with Crippen molar-refractivity contribution in [3.63, 3.8) is 0 Å². The minimum absolute atomic E-state index is 0.0176. The lowest BCUT2D eigenvalue weighted by Crippen LogP contribution is -2.20. The highest BCUT2D eigenvalue weighted by molar-refractivity contribution is 6.34. The molecule has 4 aromatic rings. The second kappa shape index (κ2) is 11.0. The van der Waals surface area contributed by atoms with Crippen molar-refractivity contribution < 1.29 is 19.4 Å². The fourth-order valence-corrected chi connectivity index (χ4v) is 4.34. The molecule has 0 heterocycles. The van der Waals surface area contributed by atoms with Gasteiger partial charge in [0.15, 0.2) is 5.75 Å². The summed E-state index contributed by atoms with van der Waals surface area (Å²) in [6.07, 6.45) is 0. The summed E-state index contributed by atoms with van der Waals surface area (Å²) in [5.41, 5.74) is 3.87. The van der Waals surface area contributed by atoms with E-state index in [2.05, 4.69) is 31.4 Å². The first-order valence-electron chi connectivity index (χ1n) is 12.1. The van der Waals surface area contributed by atoms with Crippen LogP contribution in [-0.2, 0) is 5.41 Å². The molecule has 0 saturated carbocycles. The largest absolute Gasteiger partial charge is 0.478 e. The molecule has 6 nitrogen and oxygen atoms in total. The Morgan fingerprint density at radius 2 is 1.55 bits per heavy atom. The van der Waals surface area contributed by atoms with E-state index >= 15 is 0 Å².